The Morgan fingerprint density at radius 2 is 1.68 bits per heavy atom. The molecule has 0 spiro atoms. The van der Waals surface area contributed by atoms with Gasteiger partial charge in [0.15, 0.2) is 5.11 Å². The standard InChI is InChI=1S/C48H50F3N7O6S2.C2H4/c1-30-40(66-29-54-30)32-13-11-31(12-14-32)28-53-42(60)38-10-9-22-56(38)43(61)41(46(2,3)4)55-39(59)21-25-63-23-7-8-24-64-36-19-17-34(18-20-36)58-45(65)57(44(62)47(58,5)6)35-16-15-33(27-52)37(26-35)48(49,50)51;1-2/h11-20,26,29,38,41H,9-10,21-25,28H2,1-6H3,(H,53,60)(H,55,59);1-2H2. The van der Waals surface area contributed by atoms with E-state index in [0.717, 1.165) is 38.7 Å². The van der Waals surface area contributed by atoms with Crippen LogP contribution in [0.5, 0.6) is 5.75 Å². The van der Waals surface area contributed by atoms with Crippen molar-refractivity contribution in [2.75, 3.05) is 36.2 Å². The first-order valence-corrected chi connectivity index (χ1v) is 22.9. The number of likely N-dealkylation sites (tertiary alicyclic amines) is 1. The quantitative estimate of drug-likeness (QED) is 0.0545. The van der Waals surface area contributed by atoms with Gasteiger partial charge in [0.1, 0.15) is 36.6 Å². The van der Waals surface area contributed by atoms with Crippen LogP contribution in [-0.4, -0.2) is 82.6 Å². The number of nitrogens with one attached hydrogen (secondary N) is 2. The van der Waals surface area contributed by atoms with Gasteiger partial charge < -0.3 is 29.9 Å². The molecule has 4 amide bonds. The summed E-state index contributed by atoms with van der Waals surface area (Å²) in [4.78, 5) is 63.4. The maximum Gasteiger partial charge on any atom is 0.417 e. The number of rotatable bonds is 14. The van der Waals surface area contributed by atoms with Gasteiger partial charge in [0.2, 0.25) is 17.7 Å². The Labute approximate surface area is 404 Å². The fourth-order valence-corrected chi connectivity index (χ4v) is 9.00. The SMILES string of the molecule is C=C.Cc1ncsc1-c1ccc(CNC(=O)C2CCCN2C(=O)C(NC(=O)CCOCC#CCOc2ccc(N3C(=S)N(c4ccc(C#N)c(C(F)(F)F)c4)C(=O)C3(C)C)cc2)C(C)(C)C)cc1. The molecule has 0 saturated carbocycles. The number of halogens is 3. The van der Waals surface area contributed by atoms with E-state index in [-0.39, 0.29) is 54.8 Å². The van der Waals surface area contributed by atoms with Crippen molar-refractivity contribution in [1.29, 1.82) is 5.26 Å². The maximum atomic E-state index is 13.9. The first-order valence-electron chi connectivity index (χ1n) is 21.7. The van der Waals surface area contributed by atoms with E-state index in [1.807, 2.05) is 57.5 Å². The molecular weight excluding hydrogens is 916 g/mol. The number of aryl methyl sites for hydroxylation is 1. The third-order valence-electron chi connectivity index (χ3n) is 11.2. The second-order valence-corrected chi connectivity index (χ2v) is 18.6. The molecule has 4 aromatic rings. The van der Waals surface area contributed by atoms with Gasteiger partial charge >= 0.3 is 6.18 Å². The van der Waals surface area contributed by atoms with Crippen LogP contribution in [0.4, 0.5) is 24.5 Å². The van der Waals surface area contributed by atoms with E-state index in [0.29, 0.717) is 37.4 Å². The van der Waals surface area contributed by atoms with Crippen LogP contribution in [0.25, 0.3) is 10.4 Å². The third kappa shape index (κ3) is 12.3. The monoisotopic (exact) mass is 969 g/mol. The molecule has 0 aliphatic carbocycles. The number of thiazole rings is 1. The molecule has 68 heavy (non-hydrogen) atoms. The number of anilines is 2. The molecule has 2 aliphatic heterocycles. The lowest BCUT2D eigenvalue weighted by atomic mass is 9.85. The molecule has 3 aromatic carbocycles. The second kappa shape index (κ2) is 22.5. The summed E-state index contributed by atoms with van der Waals surface area (Å²) < 4.78 is 52.4. The first kappa shape index (κ1) is 52.4. The molecular formula is C50H54F3N7O6S2. The van der Waals surface area contributed by atoms with Crippen LogP contribution in [0.1, 0.15) is 76.3 Å². The number of aromatic nitrogens is 1. The minimum Gasteiger partial charge on any atom is -0.481 e. The van der Waals surface area contributed by atoms with Crippen molar-refractivity contribution in [2.24, 2.45) is 5.41 Å². The van der Waals surface area contributed by atoms with Crippen LogP contribution >= 0.6 is 23.6 Å². The number of ether oxygens (including phenoxy) is 2. The van der Waals surface area contributed by atoms with Crippen LogP contribution in [0, 0.1) is 35.5 Å². The number of hydrogen-bond acceptors (Lipinski definition) is 10. The normalized spacial score (nSPS) is 15.9. The van der Waals surface area contributed by atoms with Crippen LogP contribution in [-0.2, 0) is 36.6 Å². The van der Waals surface area contributed by atoms with E-state index in [1.54, 1.807) is 54.3 Å². The highest BCUT2D eigenvalue weighted by Gasteiger charge is 2.51. The number of alkyl halides is 3. The largest absolute Gasteiger partial charge is 0.481 e. The smallest absolute Gasteiger partial charge is 0.417 e. The van der Waals surface area contributed by atoms with Gasteiger partial charge in [-0.15, -0.1) is 24.5 Å². The fraction of sp³-hybridized carbons (Fsp3) is 0.380. The second-order valence-electron chi connectivity index (χ2n) is 17.3. The molecule has 0 radical (unpaired) electrons. The van der Waals surface area contributed by atoms with Gasteiger partial charge in [-0.2, -0.15) is 18.4 Å². The van der Waals surface area contributed by atoms with Crippen molar-refractivity contribution in [3.8, 4) is 34.1 Å². The molecule has 2 unspecified atom stereocenters. The zero-order valence-corrected chi connectivity index (χ0v) is 40.4. The summed E-state index contributed by atoms with van der Waals surface area (Å²) in [6.07, 6.45) is -3.63. The van der Waals surface area contributed by atoms with Gasteiger partial charge in [-0.1, -0.05) is 56.9 Å². The van der Waals surface area contributed by atoms with E-state index in [2.05, 4.69) is 40.6 Å². The van der Waals surface area contributed by atoms with Crippen molar-refractivity contribution in [3.63, 3.8) is 0 Å². The number of nitriles is 1. The lowest BCUT2D eigenvalue weighted by Gasteiger charge is -2.35. The Morgan fingerprint density at radius 3 is 2.29 bits per heavy atom. The maximum absolute atomic E-state index is 13.9. The predicted octanol–water partition coefficient (Wildman–Crippen LogP) is 8.36. The highest BCUT2D eigenvalue weighted by Crippen LogP contribution is 2.40. The predicted molar refractivity (Wildman–Crippen MR) is 259 cm³/mol. The molecule has 358 valence electrons. The number of benzene rings is 3. The van der Waals surface area contributed by atoms with E-state index < -0.39 is 46.2 Å². The lowest BCUT2D eigenvalue weighted by Crippen LogP contribution is -2.57. The van der Waals surface area contributed by atoms with Crippen LogP contribution in [0.2, 0.25) is 0 Å². The molecule has 18 heteroatoms. The summed E-state index contributed by atoms with van der Waals surface area (Å²) >= 11 is 7.18. The van der Waals surface area contributed by atoms with Gasteiger partial charge in [-0.3, -0.25) is 24.1 Å². The summed E-state index contributed by atoms with van der Waals surface area (Å²) in [5, 5.41) is 15.0. The topological polar surface area (TPSA) is 157 Å². The Balaban J connectivity index is 0.00000426. The molecule has 2 atom stereocenters. The number of amides is 4. The van der Waals surface area contributed by atoms with Gasteiger partial charge in [-0.05, 0) is 105 Å². The Bertz CT molecular complexity index is 2590. The lowest BCUT2D eigenvalue weighted by molar-refractivity contribution is -0.144. The molecule has 2 aliphatic rings. The number of nitrogens with zero attached hydrogens (tertiary/aromatic N) is 5. The summed E-state index contributed by atoms with van der Waals surface area (Å²) in [5.74, 6) is 4.65. The molecule has 6 rings (SSSR count). The Kier molecular flexibility index (Phi) is 17.3. The average molecular weight is 970 g/mol. The molecule has 2 N–H and O–H groups in total. The molecule has 13 nitrogen and oxygen atoms in total. The Morgan fingerprint density at radius 1 is 1.01 bits per heavy atom. The first-order chi connectivity index (χ1) is 32.2. The molecule has 3 heterocycles. The van der Waals surface area contributed by atoms with E-state index >= 15 is 0 Å². The fourth-order valence-electron chi connectivity index (χ4n) is 7.67. The van der Waals surface area contributed by atoms with Crippen LogP contribution in [0.3, 0.4) is 0 Å². The number of carbonyl (C=O) groups is 4. The van der Waals surface area contributed by atoms with E-state index in [1.165, 1.54) is 17.0 Å². The average Bonchev–Trinajstić information content (AvgIpc) is 4.02. The minimum absolute atomic E-state index is 0.00904. The third-order valence-corrected chi connectivity index (χ3v) is 12.6. The van der Waals surface area contributed by atoms with Crippen molar-refractivity contribution in [1.82, 2.24) is 20.5 Å². The van der Waals surface area contributed by atoms with Crippen molar-refractivity contribution in [2.45, 2.75) is 91.1 Å². The zero-order valence-electron chi connectivity index (χ0n) is 38.8. The zero-order chi connectivity index (χ0) is 50.0. The van der Waals surface area contributed by atoms with E-state index in [4.69, 9.17) is 21.7 Å². The van der Waals surface area contributed by atoms with E-state index in [9.17, 15) is 37.6 Å². The minimum atomic E-state index is -4.81. The molecule has 0 bridgehead atoms. The van der Waals surface area contributed by atoms with Gasteiger partial charge in [0.25, 0.3) is 5.91 Å². The molecule has 2 fully saturated rings. The van der Waals surface area contributed by atoms with Gasteiger partial charge in [-0.25, -0.2) is 4.98 Å². The summed E-state index contributed by atoms with van der Waals surface area (Å²) in [5.41, 5.74) is 1.55. The Hall–Kier alpha value is -6.60. The number of thiocarbonyl (C=S) groups is 1. The summed E-state index contributed by atoms with van der Waals surface area (Å²) in [7, 11) is 0. The van der Waals surface area contributed by atoms with Gasteiger partial charge in [0.05, 0.1) is 52.0 Å². The molecule has 2 saturated heterocycles. The number of carbonyl (C=O) groups excluding carboxylic acids is 4. The highest BCUT2D eigenvalue weighted by atomic mass is 32.1. The van der Waals surface area contributed by atoms with Gasteiger partial charge in [0, 0.05) is 18.8 Å². The van der Waals surface area contributed by atoms with Crippen LogP contribution in [0.15, 0.2) is 85.4 Å². The van der Waals surface area contributed by atoms with Crippen molar-refractivity contribution >= 4 is 63.7 Å². The summed E-state index contributed by atoms with van der Waals surface area (Å²) in [6.45, 7) is 17.6. The van der Waals surface area contributed by atoms with Crippen LogP contribution < -0.4 is 25.2 Å². The highest BCUT2D eigenvalue weighted by molar-refractivity contribution is 7.81. The van der Waals surface area contributed by atoms with Crippen molar-refractivity contribution in [3.05, 3.63) is 108 Å². The molecule has 1 aromatic heterocycles. The van der Waals surface area contributed by atoms with Crippen molar-refractivity contribution < 1.29 is 41.8 Å². The number of hydrogen-bond donors (Lipinski definition) is 2. The summed E-state index contributed by atoms with van der Waals surface area (Å²) in [6, 6.07) is 17.6.